The monoisotopic (exact) mass is 446 g/mol. The second-order valence-electron chi connectivity index (χ2n) is 8.06. The highest BCUT2D eigenvalue weighted by Gasteiger charge is 2.22. The van der Waals surface area contributed by atoms with Crippen molar-refractivity contribution in [1.82, 2.24) is 24.9 Å². The van der Waals surface area contributed by atoms with Crippen LogP contribution in [0.4, 0.5) is 5.69 Å². The molecule has 1 aliphatic heterocycles. The molecule has 0 saturated carbocycles. The van der Waals surface area contributed by atoms with Gasteiger partial charge in [0, 0.05) is 60.1 Å². The number of nitrogens with zero attached hydrogens (tertiary/aromatic N) is 6. The van der Waals surface area contributed by atoms with Gasteiger partial charge >= 0.3 is 0 Å². The predicted molar refractivity (Wildman–Crippen MR) is 128 cm³/mol. The maximum atomic E-state index is 11.9. The van der Waals surface area contributed by atoms with Crippen molar-refractivity contribution in [3.05, 3.63) is 59.9 Å². The first-order chi connectivity index (χ1) is 15.5. The molecule has 0 spiro atoms. The molecule has 5 rings (SSSR count). The van der Waals surface area contributed by atoms with E-state index in [1.807, 2.05) is 35.0 Å². The van der Waals surface area contributed by atoms with E-state index in [0.29, 0.717) is 31.2 Å². The minimum absolute atomic E-state index is 0.0326. The molecule has 0 atom stereocenters. The first kappa shape index (κ1) is 20.5. The molecular weight excluding hydrogens is 424 g/mol. The number of carbonyl (C=O) groups is 1. The SMILES string of the molecule is C=CC(=O)N1CCN(c2cnnc3cc(-c4c(C)ccc5cnn(C)c45)c(Cl)cc23)CC1. The molecule has 8 heteroatoms. The van der Waals surface area contributed by atoms with Gasteiger partial charge in [0.1, 0.15) is 0 Å². The fraction of sp³-hybridized carbons (Fsp3) is 0.250. The zero-order valence-electron chi connectivity index (χ0n) is 18.0. The minimum atomic E-state index is -0.0326. The molecule has 7 nitrogen and oxygen atoms in total. The average molecular weight is 447 g/mol. The van der Waals surface area contributed by atoms with Crippen LogP contribution in [0.25, 0.3) is 32.9 Å². The zero-order valence-corrected chi connectivity index (χ0v) is 18.8. The number of benzene rings is 2. The van der Waals surface area contributed by atoms with Crippen molar-refractivity contribution in [2.45, 2.75) is 6.92 Å². The number of rotatable bonds is 3. The van der Waals surface area contributed by atoms with Crippen molar-refractivity contribution in [3.8, 4) is 11.1 Å². The lowest BCUT2D eigenvalue weighted by Gasteiger charge is -2.35. The fourth-order valence-electron chi connectivity index (χ4n) is 4.51. The molecule has 4 aromatic rings. The van der Waals surface area contributed by atoms with E-state index in [2.05, 4.69) is 45.8 Å². The summed E-state index contributed by atoms with van der Waals surface area (Å²) in [6, 6.07) is 8.16. The van der Waals surface area contributed by atoms with Gasteiger partial charge in [-0.15, -0.1) is 0 Å². The van der Waals surface area contributed by atoms with E-state index in [0.717, 1.165) is 44.2 Å². The van der Waals surface area contributed by atoms with Crippen LogP contribution in [0.1, 0.15) is 5.56 Å². The highest BCUT2D eigenvalue weighted by Crippen LogP contribution is 2.39. The summed E-state index contributed by atoms with van der Waals surface area (Å²) in [6.07, 6.45) is 5.00. The molecule has 1 fully saturated rings. The molecule has 0 N–H and O–H groups in total. The van der Waals surface area contributed by atoms with E-state index in [1.54, 1.807) is 6.20 Å². The Labute approximate surface area is 190 Å². The van der Waals surface area contributed by atoms with Gasteiger partial charge in [0.05, 0.1) is 29.1 Å². The van der Waals surface area contributed by atoms with Gasteiger partial charge in [0.2, 0.25) is 5.91 Å². The topological polar surface area (TPSA) is 67.2 Å². The average Bonchev–Trinajstić information content (AvgIpc) is 3.19. The van der Waals surface area contributed by atoms with Gasteiger partial charge in [-0.05, 0) is 30.7 Å². The normalized spacial score (nSPS) is 14.3. The van der Waals surface area contributed by atoms with Crippen LogP contribution in [0, 0.1) is 6.92 Å². The third-order valence-electron chi connectivity index (χ3n) is 6.19. The molecule has 0 unspecified atom stereocenters. The zero-order chi connectivity index (χ0) is 22.4. The summed E-state index contributed by atoms with van der Waals surface area (Å²) < 4.78 is 1.88. The first-order valence-electron chi connectivity index (χ1n) is 10.5. The number of aromatic nitrogens is 4. The summed E-state index contributed by atoms with van der Waals surface area (Å²) in [7, 11) is 1.94. The summed E-state index contributed by atoms with van der Waals surface area (Å²) in [4.78, 5) is 15.9. The van der Waals surface area contributed by atoms with Crippen molar-refractivity contribution in [2.75, 3.05) is 31.1 Å². The Kier molecular flexibility index (Phi) is 5.06. The summed E-state index contributed by atoms with van der Waals surface area (Å²) in [5, 5.41) is 15.8. The van der Waals surface area contributed by atoms with Crippen LogP contribution in [-0.2, 0) is 11.8 Å². The highest BCUT2D eigenvalue weighted by atomic mass is 35.5. The number of fused-ring (bicyclic) bond motifs is 2. The third-order valence-corrected chi connectivity index (χ3v) is 6.51. The Balaban J connectivity index is 1.59. The van der Waals surface area contributed by atoms with Crippen LogP contribution in [0.2, 0.25) is 5.02 Å². The second-order valence-corrected chi connectivity index (χ2v) is 8.47. The largest absolute Gasteiger partial charge is 0.366 e. The Hall–Kier alpha value is -3.45. The molecular formula is C24H23ClN6O. The van der Waals surface area contributed by atoms with Crippen LogP contribution in [0.3, 0.4) is 0 Å². The maximum absolute atomic E-state index is 11.9. The Bertz CT molecular complexity index is 1370. The first-order valence-corrected chi connectivity index (χ1v) is 10.9. The standard InChI is InChI=1S/C24H23ClN6O/c1-4-22(32)31-9-7-30(8-10-31)21-14-26-28-20-12-17(19(25)11-18(20)21)23-15(2)5-6-16-13-27-29(3)24(16)23/h4-6,11-14H,1,7-10H2,2-3H3. The van der Waals surface area contributed by atoms with Crippen molar-refractivity contribution in [2.24, 2.45) is 7.05 Å². The molecule has 0 bridgehead atoms. The number of amides is 1. The number of piperazine rings is 1. The molecule has 162 valence electrons. The molecule has 0 radical (unpaired) electrons. The lowest BCUT2D eigenvalue weighted by atomic mass is 9.96. The van der Waals surface area contributed by atoms with Gasteiger partial charge in [0.25, 0.3) is 0 Å². The van der Waals surface area contributed by atoms with E-state index in [1.165, 1.54) is 6.08 Å². The van der Waals surface area contributed by atoms with Crippen LogP contribution in [0.5, 0.6) is 0 Å². The summed E-state index contributed by atoms with van der Waals surface area (Å²) in [5.74, 6) is -0.0326. The molecule has 1 amide bonds. The Morgan fingerprint density at radius 3 is 2.69 bits per heavy atom. The predicted octanol–water partition coefficient (Wildman–Crippen LogP) is 3.98. The Morgan fingerprint density at radius 1 is 1.16 bits per heavy atom. The van der Waals surface area contributed by atoms with E-state index < -0.39 is 0 Å². The van der Waals surface area contributed by atoms with E-state index in [-0.39, 0.29) is 5.91 Å². The van der Waals surface area contributed by atoms with Crippen LogP contribution >= 0.6 is 11.6 Å². The molecule has 1 aliphatic rings. The van der Waals surface area contributed by atoms with Gasteiger partial charge in [-0.2, -0.15) is 15.3 Å². The molecule has 32 heavy (non-hydrogen) atoms. The van der Waals surface area contributed by atoms with Crippen molar-refractivity contribution < 1.29 is 4.79 Å². The number of hydrogen-bond acceptors (Lipinski definition) is 5. The quantitative estimate of drug-likeness (QED) is 0.445. The minimum Gasteiger partial charge on any atom is -0.366 e. The van der Waals surface area contributed by atoms with Crippen molar-refractivity contribution in [1.29, 1.82) is 0 Å². The molecule has 2 aromatic carbocycles. The van der Waals surface area contributed by atoms with E-state index >= 15 is 0 Å². The van der Waals surface area contributed by atoms with E-state index in [4.69, 9.17) is 11.6 Å². The van der Waals surface area contributed by atoms with Gasteiger partial charge < -0.3 is 9.80 Å². The molecule has 2 aromatic heterocycles. The summed E-state index contributed by atoms with van der Waals surface area (Å²) in [5.41, 5.74) is 5.89. The fourth-order valence-corrected chi connectivity index (χ4v) is 4.77. The molecule has 3 heterocycles. The number of halogens is 1. The third kappa shape index (κ3) is 3.29. The van der Waals surface area contributed by atoms with Gasteiger partial charge in [-0.25, -0.2) is 0 Å². The van der Waals surface area contributed by atoms with Gasteiger partial charge in [-0.3, -0.25) is 9.48 Å². The van der Waals surface area contributed by atoms with Gasteiger partial charge in [-0.1, -0.05) is 30.3 Å². The van der Waals surface area contributed by atoms with Gasteiger partial charge in [0.15, 0.2) is 0 Å². The molecule has 1 saturated heterocycles. The van der Waals surface area contributed by atoms with Crippen LogP contribution in [-0.4, -0.2) is 57.0 Å². The van der Waals surface area contributed by atoms with Crippen molar-refractivity contribution in [3.63, 3.8) is 0 Å². The lowest BCUT2D eigenvalue weighted by Crippen LogP contribution is -2.48. The molecule has 0 aliphatic carbocycles. The maximum Gasteiger partial charge on any atom is 0.246 e. The number of carbonyl (C=O) groups excluding carboxylic acids is 1. The van der Waals surface area contributed by atoms with Crippen LogP contribution < -0.4 is 4.90 Å². The summed E-state index contributed by atoms with van der Waals surface area (Å²) >= 11 is 6.86. The number of anilines is 1. The number of hydrogen-bond donors (Lipinski definition) is 0. The van der Waals surface area contributed by atoms with E-state index in [9.17, 15) is 4.79 Å². The summed E-state index contributed by atoms with van der Waals surface area (Å²) in [6.45, 7) is 8.37. The number of aryl methyl sites for hydroxylation is 2. The van der Waals surface area contributed by atoms with Crippen molar-refractivity contribution >= 4 is 45.0 Å². The highest BCUT2D eigenvalue weighted by molar-refractivity contribution is 6.35. The second kappa shape index (κ2) is 7.91. The lowest BCUT2D eigenvalue weighted by molar-refractivity contribution is -0.126. The van der Waals surface area contributed by atoms with Crippen LogP contribution in [0.15, 0.2) is 49.3 Å². The Morgan fingerprint density at radius 2 is 1.94 bits per heavy atom. The smallest absolute Gasteiger partial charge is 0.246 e.